The lowest BCUT2D eigenvalue weighted by Gasteiger charge is -2.32. The van der Waals surface area contributed by atoms with Gasteiger partial charge in [-0.2, -0.15) is 0 Å². The van der Waals surface area contributed by atoms with Crippen molar-refractivity contribution in [3.8, 4) is 5.75 Å². The molecule has 0 spiro atoms. The molecule has 1 amide bonds. The van der Waals surface area contributed by atoms with Crippen LogP contribution in [0.3, 0.4) is 0 Å². The monoisotopic (exact) mass is 233 g/mol. The molecule has 1 unspecified atom stereocenters. The first-order valence-corrected chi connectivity index (χ1v) is 6.29. The first-order chi connectivity index (χ1) is 8.22. The fraction of sp³-hybridized carbons (Fsp3) is 0.500. The van der Waals surface area contributed by atoms with E-state index in [1.165, 1.54) is 6.42 Å². The van der Waals surface area contributed by atoms with E-state index in [-0.39, 0.29) is 11.7 Å². The van der Waals surface area contributed by atoms with Crippen LogP contribution in [-0.4, -0.2) is 29.0 Å². The number of amides is 1. The van der Waals surface area contributed by atoms with Crippen LogP contribution in [0, 0.1) is 5.92 Å². The summed E-state index contributed by atoms with van der Waals surface area (Å²) >= 11 is 0. The fourth-order valence-corrected chi connectivity index (χ4v) is 2.41. The van der Waals surface area contributed by atoms with Crippen molar-refractivity contribution in [2.45, 2.75) is 26.2 Å². The van der Waals surface area contributed by atoms with Crippen LogP contribution in [0.2, 0.25) is 0 Å². The third-order valence-electron chi connectivity index (χ3n) is 3.52. The second-order valence-corrected chi connectivity index (χ2v) is 4.68. The van der Waals surface area contributed by atoms with E-state index >= 15 is 0 Å². The summed E-state index contributed by atoms with van der Waals surface area (Å²) in [4.78, 5) is 14.1. The number of aromatic hydroxyl groups is 1. The Kier molecular flexibility index (Phi) is 3.67. The minimum absolute atomic E-state index is 0.0405. The van der Waals surface area contributed by atoms with Gasteiger partial charge in [0.2, 0.25) is 0 Å². The molecule has 3 heteroatoms. The van der Waals surface area contributed by atoms with Crippen molar-refractivity contribution in [1.29, 1.82) is 0 Å². The second-order valence-electron chi connectivity index (χ2n) is 4.68. The van der Waals surface area contributed by atoms with E-state index in [0.29, 0.717) is 11.5 Å². The zero-order chi connectivity index (χ0) is 12.3. The molecule has 3 nitrogen and oxygen atoms in total. The summed E-state index contributed by atoms with van der Waals surface area (Å²) in [7, 11) is 0. The first kappa shape index (κ1) is 12.0. The highest BCUT2D eigenvalue weighted by Crippen LogP contribution is 2.23. The normalized spacial score (nSPS) is 20.3. The highest BCUT2D eigenvalue weighted by atomic mass is 16.3. The average molecular weight is 233 g/mol. The van der Waals surface area contributed by atoms with Crippen LogP contribution in [0.4, 0.5) is 0 Å². The molecule has 1 aromatic rings. The molecule has 1 aliphatic heterocycles. The van der Waals surface area contributed by atoms with Crippen LogP contribution >= 0.6 is 0 Å². The Morgan fingerprint density at radius 1 is 1.47 bits per heavy atom. The summed E-state index contributed by atoms with van der Waals surface area (Å²) in [6.07, 6.45) is 3.39. The number of benzene rings is 1. The maximum Gasteiger partial charge on any atom is 0.257 e. The Morgan fingerprint density at radius 3 is 2.94 bits per heavy atom. The zero-order valence-electron chi connectivity index (χ0n) is 10.2. The SMILES string of the molecule is CCC1CCCN(C(=O)c2ccccc2O)C1. The van der Waals surface area contributed by atoms with Crippen molar-refractivity contribution in [1.82, 2.24) is 4.90 Å². The standard InChI is InChI=1S/C14H19NO2/c1-2-11-6-5-9-15(10-11)14(17)12-7-3-4-8-13(12)16/h3-4,7-8,11,16H,2,5-6,9-10H2,1H3. The third kappa shape index (κ3) is 2.60. The van der Waals surface area contributed by atoms with Gasteiger partial charge in [0, 0.05) is 13.1 Å². The van der Waals surface area contributed by atoms with Crippen molar-refractivity contribution >= 4 is 5.91 Å². The minimum Gasteiger partial charge on any atom is -0.507 e. The molecule has 0 bridgehead atoms. The van der Waals surface area contributed by atoms with Gasteiger partial charge in [0.15, 0.2) is 0 Å². The summed E-state index contributed by atoms with van der Waals surface area (Å²) < 4.78 is 0. The zero-order valence-corrected chi connectivity index (χ0v) is 10.2. The molecule has 1 heterocycles. The van der Waals surface area contributed by atoms with Crippen molar-refractivity contribution in [3.63, 3.8) is 0 Å². The number of carbonyl (C=O) groups excluding carboxylic acids is 1. The lowest BCUT2D eigenvalue weighted by atomic mass is 9.95. The summed E-state index contributed by atoms with van der Waals surface area (Å²) in [6, 6.07) is 6.77. The third-order valence-corrected chi connectivity index (χ3v) is 3.52. The second kappa shape index (κ2) is 5.21. The number of para-hydroxylation sites is 1. The van der Waals surface area contributed by atoms with Crippen molar-refractivity contribution in [3.05, 3.63) is 29.8 Å². The molecular formula is C14H19NO2. The summed E-state index contributed by atoms with van der Waals surface area (Å²) in [5, 5.41) is 9.69. The first-order valence-electron chi connectivity index (χ1n) is 6.29. The van der Waals surface area contributed by atoms with Gasteiger partial charge in [-0.25, -0.2) is 0 Å². The van der Waals surface area contributed by atoms with Gasteiger partial charge in [-0.05, 0) is 30.9 Å². The number of hydrogen-bond acceptors (Lipinski definition) is 2. The summed E-state index contributed by atoms with van der Waals surface area (Å²) in [6.45, 7) is 3.80. The molecule has 1 aromatic carbocycles. The Balaban J connectivity index is 2.12. The molecule has 1 atom stereocenters. The van der Waals surface area contributed by atoms with Gasteiger partial charge in [-0.1, -0.05) is 25.5 Å². The Hall–Kier alpha value is -1.51. The molecule has 0 aliphatic carbocycles. The molecule has 1 N–H and O–H groups in total. The maximum atomic E-state index is 12.2. The number of nitrogens with zero attached hydrogens (tertiary/aromatic N) is 1. The number of hydrogen-bond donors (Lipinski definition) is 1. The number of phenols is 1. The molecular weight excluding hydrogens is 214 g/mol. The molecule has 0 radical (unpaired) electrons. The predicted molar refractivity (Wildman–Crippen MR) is 67.0 cm³/mol. The highest BCUT2D eigenvalue weighted by Gasteiger charge is 2.24. The smallest absolute Gasteiger partial charge is 0.257 e. The molecule has 1 fully saturated rings. The van der Waals surface area contributed by atoms with Crippen LogP contribution in [-0.2, 0) is 0 Å². The quantitative estimate of drug-likeness (QED) is 0.853. The van der Waals surface area contributed by atoms with Crippen molar-refractivity contribution < 1.29 is 9.90 Å². The van der Waals surface area contributed by atoms with Crippen LogP contribution in [0.5, 0.6) is 5.75 Å². The lowest BCUT2D eigenvalue weighted by Crippen LogP contribution is -2.39. The van der Waals surface area contributed by atoms with Gasteiger partial charge >= 0.3 is 0 Å². The van der Waals surface area contributed by atoms with Crippen molar-refractivity contribution in [2.24, 2.45) is 5.92 Å². The van der Waals surface area contributed by atoms with Crippen molar-refractivity contribution in [2.75, 3.05) is 13.1 Å². The van der Waals surface area contributed by atoms with Gasteiger partial charge in [-0.3, -0.25) is 4.79 Å². The Bertz CT molecular complexity index is 403. The predicted octanol–water partition coefficient (Wildman–Crippen LogP) is 2.65. The topological polar surface area (TPSA) is 40.5 Å². The lowest BCUT2D eigenvalue weighted by molar-refractivity contribution is 0.0668. The van der Waals surface area contributed by atoms with E-state index in [1.807, 2.05) is 4.90 Å². The van der Waals surface area contributed by atoms with E-state index in [2.05, 4.69) is 6.92 Å². The molecule has 2 rings (SSSR count). The molecule has 1 saturated heterocycles. The van der Waals surface area contributed by atoms with E-state index in [9.17, 15) is 9.90 Å². The van der Waals surface area contributed by atoms with Gasteiger partial charge < -0.3 is 10.0 Å². The Labute approximate surface area is 102 Å². The van der Waals surface area contributed by atoms with Gasteiger partial charge in [0.05, 0.1) is 5.56 Å². The average Bonchev–Trinajstić information content (AvgIpc) is 2.38. The number of carbonyl (C=O) groups is 1. The van der Waals surface area contributed by atoms with Gasteiger partial charge in [0.25, 0.3) is 5.91 Å². The van der Waals surface area contributed by atoms with Crippen LogP contribution < -0.4 is 0 Å². The van der Waals surface area contributed by atoms with Crippen LogP contribution in [0.25, 0.3) is 0 Å². The van der Waals surface area contributed by atoms with E-state index < -0.39 is 0 Å². The number of piperidine rings is 1. The van der Waals surface area contributed by atoms with E-state index in [4.69, 9.17) is 0 Å². The number of likely N-dealkylation sites (tertiary alicyclic amines) is 1. The number of rotatable bonds is 2. The summed E-state index contributed by atoms with van der Waals surface area (Å²) in [5.74, 6) is 0.649. The molecule has 0 aromatic heterocycles. The molecule has 0 saturated carbocycles. The van der Waals surface area contributed by atoms with Crippen LogP contribution in [0.1, 0.15) is 36.5 Å². The summed E-state index contributed by atoms with van der Waals surface area (Å²) in [5.41, 5.74) is 0.421. The highest BCUT2D eigenvalue weighted by molar-refractivity contribution is 5.96. The minimum atomic E-state index is -0.0405. The fourth-order valence-electron chi connectivity index (χ4n) is 2.41. The molecule has 92 valence electrons. The van der Waals surface area contributed by atoms with Gasteiger partial charge in [-0.15, -0.1) is 0 Å². The van der Waals surface area contributed by atoms with E-state index in [1.54, 1.807) is 24.3 Å². The molecule has 17 heavy (non-hydrogen) atoms. The van der Waals surface area contributed by atoms with Crippen LogP contribution in [0.15, 0.2) is 24.3 Å². The largest absolute Gasteiger partial charge is 0.507 e. The van der Waals surface area contributed by atoms with E-state index in [0.717, 1.165) is 25.9 Å². The maximum absolute atomic E-state index is 12.2. The molecule has 1 aliphatic rings. The van der Waals surface area contributed by atoms with Gasteiger partial charge in [0.1, 0.15) is 5.75 Å². The Morgan fingerprint density at radius 2 is 2.24 bits per heavy atom. The number of phenolic OH excluding ortho intramolecular Hbond substituents is 1.